The van der Waals surface area contributed by atoms with Crippen molar-refractivity contribution in [3.63, 3.8) is 0 Å². The van der Waals surface area contributed by atoms with E-state index in [4.69, 9.17) is 9.84 Å². The van der Waals surface area contributed by atoms with Crippen molar-refractivity contribution >= 4 is 11.0 Å². The van der Waals surface area contributed by atoms with Crippen LogP contribution in [-0.4, -0.2) is 31.6 Å². The summed E-state index contributed by atoms with van der Waals surface area (Å²) in [7, 11) is 0. The van der Waals surface area contributed by atoms with Gasteiger partial charge in [0.05, 0.1) is 12.4 Å². The largest absolute Gasteiger partial charge is 0.466 e. The van der Waals surface area contributed by atoms with Crippen molar-refractivity contribution in [1.29, 1.82) is 0 Å². The molecule has 6 aromatic rings. The van der Waals surface area contributed by atoms with Crippen LogP contribution in [0.5, 0.6) is 5.75 Å². The fraction of sp³-hybridized carbons (Fsp3) is 0.0667. The van der Waals surface area contributed by atoms with Crippen LogP contribution in [0.3, 0.4) is 0 Å². The van der Waals surface area contributed by atoms with Gasteiger partial charge in [0, 0.05) is 28.9 Å². The molecule has 6 nitrogen and oxygen atoms in total. The third-order valence-electron chi connectivity index (χ3n) is 6.55. The first-order chi connectivity index (χ1) is 17.8. The number of H-pyrrole nitrogens is 1. The van der Waals surface area contributed by atoms with E-state index in [-0.39, 0.29) is 0 Å². The minimum Gasteiger partial charge on any atom is -0.466 e. The van der Waals surface area contributed by atoms with Crippen LogP contribution in [-0.2, 0) is 5.54 Å². The Morgan fingerprint density at radius 1 is 0.806 bits per heavy atom. The number of aromatic nitrogens is 4. The summed E-state index contributed by atoms with van der Waals surface area (Å²) in [5.74, 6) is 0.505. The van der Waals surface area contributed by atoms with Crippen molar-refractivity contribution in [2.75, 3.05) is 6.79 Å². The average molecular weight is 473 g/mol. The number of benzene rings is 3. The SMILES string of the molecule is OCOc1cnc2[nH]cc(-c3cnn(C(c4ccccc4)(c4ccccc4)c4ccccc4)c3)c2c1. The van der Waals surface area contributed by atoms with E-state index in [0.717, 1.165) is 38.9 Å². The van der Waals surface area contributed by atoms with Gasteiger partial charge in [-0.3, -0.25) is 4.68 Å². The molecular weight excluding hydrogens is 448 g/mol. The maximum atomic E-state index is 9.18. The first-order valence-corrected chi connectivity index (χ1v) is 11.7. The first-order valence-electron chi connectivity index (χ1n) is 11.7. The van der Waals surface area contributed by atoms with Crippen molar-refractivity contribution in [3.05, 3.63) is 139 Å². The van der Waals surface area contributed by atoms with Gasteiger partial charge in [0.25, 0.3) is 0 Å². The van der Waals surface area contributed by atoms with Gasteiger partial charge in [-0.05, 0) is 22.8 Å². The minimum atomic E-state index is -0.683. The molecule has 6 rings (SSSR count). The number of hydrogen-bond acceptors (Lipinski definition) is 4. The number of aromatic amines is 1. The molecule has 3 aromatic carbocycles. The van der Waals surface area contributed by atoms with Crippen LogP contribution >= 0.6 is 0 Å². The summed E-state index contributed by atoms with van der Waals surface area (Å²) in [5.41, 5.74) is 5.27. The Balaban J connectivity index is 1.59. The molecule has 0 bridgehead atoms. The lowest BCUT2D eigenvalue weighted by Crippen LogP contribution is -2.38. The quantitative estimate of drug-likeness (QED) is 0.234. The second kappa shape index (κ2) is 9.17. The highest BCUT2D eigenvalue weighted by Crippen LogP contribution is 2.41. The Morgan fingerprint density at radius 2 is 1.39 bits per heavy atom. The summed E-state index contributed by atoms with van der Waals surface area (Å²) in [6.45, 7) is -0.404. The molecular formula is C30H24N4O2. The molecule has 3 aromatic heterocycles. The Hall–Kier alpha value is -4.68. The summed E-state index contributed by atoms with van der Waals surface area (Å²) in [6.07, 6.45) is 7.48. The van der Waals surface area contributed by atoms with Crippen LogP contribution < -0.4 is 4.74 Å². The molecule has 0 unspecified atom stereocenters. The van der Waals surface area contributed by atoms with Gasteiger partial charge in [-0.15, -0.1) is 0 Å². The first kappa shape index (κ1) is 21.8. The van der Waals surface area contributed by atoms with Gasteiger partial charge in [0.2, 0.25) is 0 Å². The molecule has 0 aliphatic heterocycles. The van der Waals surface area contributed by atoms with Gasteiger partial charge < -0.3 is 14.8 Å². The third-order valence-corrected chi connectivity index (χ3v) is 6.55. The molecule has 176 valence electrons. The highest BCUT2D eigenvalue weighted by atomic mass is 16.6. The van der Waals surface area contributed by atoms with Crippen LogP contribution in [0.25, 0.3) is 22.2 Å². The van der Waals surface area contributed by atoms with Crippen LogP contribution in [0.2, 0.25) is 0 Å². The van der Waals surface area contributed by atoms with Crippen LogP contribution in [0.1, 0.15) is 16.7 Å². The molecule has 0 radical (unpaired) electrons. The molecule has 0 saturated carbocycles. The lowest BCUT2D eigenvalue weighted by Gasteiger charge is -2.36. The van der Waals surface area contributed by atoms with Crippen LogP contribution in [0.15, 0.2) is 122 Å². The standard InChI is InChI=1S/C30H24N4O2/c35-21-36-26-16-27-28(19-32-29(27)31-18-26)22-17-33-34(20-22)30(23-10-4-1-5-11-23,24-12-6-2-7-13-24)25-14-8-3-9-15-25/h1-20,35H,21H2,(H,31,32). The number of aliphatic hydroxyl groups excluding tert-OH is 1. The van der Waals surface area contributed by atoms with Gasteiger partial charge in [-0.1, -0.05) is 91.0 Å². The number of rotatable bonds is 7. The van der Waals surface area contributed by atoms with E-state index in [1.165, 1.54) is 0 Å². The zero-order valence-corrected chi connectivity index (χ0v) is 19.5. The minimum absolute atomic E-state index is 0.404. The predicted molar refractivity (Wildman–Crippen MR) is 140 cm³/mol. The number of hydrogen-bond donors (Lipinski definition) is 2. The highest BCUT2D eigenvalue weighted by Gasteiger charge is 2.39. The Labute approximate surface area is 208 Å². The summed E-state index contributed by atoms with van der Waals surface area (Å²) < 4.78 is 7.31. The number of nitrogens with zero attached hydrogens (tertiary/aromatic N) is 3. The zero-order chi connectivity index (χ0) is 24.4. The average Bonchev–Trinajstić information content (AvgIpc) is 3.59. The van der Waals surface area contributed by atoms with E-state index in [2.05, 4.69) is 89.0 Å². The molecule has 36 heavy (non-hydrogen) atoms. The van der Waals surface area contributed by atoms with Crippen molar-refractivity contribution in [2.45, 2.75) is 5.54 Å². The molecule has 0 fully saturated rings. The van der Waals surface area contributed by atoms with E-state index < -0.39 is 12.3 Å². The topological polar surface area (TPSA) is 76.0 Å². The summed E-state index contributed by atoms with van der Waals surface area (Å²) in [4.78, 5) is 7.66. The second-order valence-corrected chi connectivity index (χ2v) is 8.53. The Bertz CT molecular complexity index is 1500. The molecule has 2 N–H and O–H groups in total. The number of nitrogens with one attached hydrogen (secondary N) is 1. The molecule has 0 atom stereocenters. The molecule has 0 amide bonds. The number of ether oxygens (including phenoxy) is 1. The summed E-state index contributed by atoms with van der Waals surface area (Å²) in [6, 6.07) is 33.2. The number of pyridine rings is 1. The van der Waals surface area contributed by atoms with E-state index in [9.17, 15) is 5.11 Å². The molecule has 0 spiro atoms. The number of fused-ring (bicyclic) bond motifs is 1. The summed E-state index contributed by atoms with van der Waals surface area (Å²) >= 11 is 0. The highest BCUT2D eigenvalue weighted by molar-refractivity contribution is 5.94. The van der Waals surface area contributed by atoms with Crippen molar-refractivity contribution < 1.29 is 9.84 Å². The normalized spacial score (nSPS) is 11.6. The van der Waals surface area contributed by atoms with Crippen LogP contribution in [0, 0.1) is 0 Å². The van der Waals surface area contributed by atoms with Gasteiger partial charge in [-0.2, -0.15) is 5.10 Å². The fourth-order valence-electron chi connectivity index (χ4n) is 4.96. The van der Waals surface area contributed by atoms with Crippen molar-refractivity contribution in [1.82, 2.24) is 19.7 Å². The predicted octanol–water partition coefficient (Wildman–Crippen LogP) is 5.60. The van der Waals surface area contributed by atoms with Gasteiger partial charge >= 0.3 is 0 Å². The Morgan fingerprint density at radius 3 is 1.94 bits per heavy atom. The maximum absolute atomic E-state index is 9.18. The van der Waals surface area contributed by atoms with Gasteiger partial charge in [0.15, 0.2) is 6.79 Å². The molecule has 0 saturated heterocycles. The van der Waals surface area contributed by atoms with E-state index in [1.807, 2.05) is 41.3 Å². The Kier molecular flexibility index (Phi) is 5.56. The lowest BCUT2D eigenvalue weighted by atomic mass is 9.77. The molecule has 3 heterocycles. The van der Waals surface area contributed by atoms with Gasteiger partial charge in [0.1, 0.15) is 16.9 Å². The van der Waals surface area contributed by atoms with E-state index in [1.54, 1.807) is 6.20 Å². The van der Waals surface area contributed by atoms with Crippen LogP contribution in [0.4, 0.5) is 0 Å². The zero-order valence-electron chi connectivity index (χ0n) is 19.5. The smallest absolute Gasteiger partial charge is 0.186 e. The lowest BCUT2D eigenvalue weighted by molar-refractivity contribution is 0.0983. The maximum Gasteiger partial charge on any atom is 0.186 e. The molecule has 0 aliphatic rings. The summed E-state index contributed by atoms with van der Waals surface area (Å²) in [5, 5.41) is 15.0. The van der Waals surface area contributed by atoms with E-state index >= 15 is 0 Å². The third kappa shape index (κ3) is 3.56. The monoisotopic (exact) mass is 472 g/mol. The molecule has 0 aliphatic carbocycles. The fourth-order valence-corrected chi connectivity index (χ4v) is 4.96. The van der Waals surface area contributed by atoms with Gasteiger partial charge in [-0.25, -0.2) is 4.98 Å². The van der Waals surface area contributed by atoms with Crippen molar-refractivity contribution in [2.24, 2.45) is 0 Å². The number of aliphatic hydroxyl groups is 1. The molecule has 6 heteroatoms. The second-order valence-electron chi connectivity index (χ2n) is 8.53. The van der Waals surface area contributed by atoms with Crippen molar-refractivity contribution in [3.8, 4) is 16.9 Å². The van der Waals surface area contributed by atoms with E-state index in [0.29, 0.717) is 5.75 Å².